The highest BCUT2D eigenvalue weighted by molar-refractivity contribution is 7.89. The molecule has 112 valence electrons. The highest BCUT2D eigenvalue weighted by atomic mass is 32.2. The van der Waals surface area contributed by atoms with Crippen molar-refractivity contribution in [3.8, 4) is 5.75 Å². The molecule has 3 N–H and O–H groups in total. The van der Waals surface area contributed by atoms with Gasteiger partial charge in [0.25, 0.3) is 0 Å². The summed E-state index contributed by atoms with van der Waals surface area (Å²) in [5.74, 6) is 0.418. The second-order valence-corrected chi connectivity index (χ2v) is 6.72. The molecule has 2 rings (SSSR count). The van der Waals surface area contributed by atoms with Crippen LogP contribution in [0.5, 0.6) is 5.75 Å². The monoisotopic (exact) mass is 300 g/mol. The van der Waals surface area contributed by atoms with Crippen LogP contribution in [0, 0.1) is 0 Å². The van der Waals surface area contributed by atoms with Crippen molar-refractivity contribution in [1.29, 1.82) is 0 Å². The van der Waals surface area contributed by atoms with E-state index >= 15 is 0 Å². The molecule has 1 aromatic carbocycles. The van der Waals surface area contributed by atoms with E-state index in [4.69, 9.17) is 15.2 Å². The molecule has 0 spiro atoms. The maximum Gasteiger partial charge on any atom is 0.215 e. The van der Waals surface area contributed by atoms with Gasteiger partial charge in [0.05, 0.1) is 17.5 Å². The molecule has 6 nitrogen and oxygen atoms in total. The maximum absolute atomic E-state index is 11.8. The molecule has 0 amide bonds. The fraction of sp³-hybridized carbons (Fsp3) is 0.538. The molecule has 7 heteroatoms. The lowest BCUT2D eigenvalue weighted by atomic mass is 9.90. The summed E-state index contributed by atoms with van der Waals surface area (Å²) in [7, 11) is -1.70. The van der Waals surface area contributed by atoms with Crippen LogP contribution in [0.4, 0.5) is 5.69 Å². The summed E-state index contributed by atoms with van der Waals surface area (Å²) in [4.78, 5) is 0. The van der Waals surface area contributed by atoms with Crippen molar-refractivity contribution < 1.29 is 17.9 Å². The molecule has 0 bridgehead atoms. The number of methoxy groups -OCH3 is 1. The fourth-order valence-corrected chi connectivity index (χ4v) is 3.16. The molecular weight excluding hydrogens is 280 g/mol. The van der Waals surface area contributed by atoms with E-state index in [0.29, 0.717) is 11.4 Å². The van der Waals surface area contributed by atoms with Gasteiger partial charge in [-0.25, -0.2) is 13.1 Å². The average Bonchev–Trinajstić information content (AvgIpc) is 2.35. The van der Waals surface area contributed by atoms with E-state index < -0.39 is 10.0 Å². The Morgan fingerprint density at radius 3 is 2.70 bits per heavy atom. The lowest BCUT2D eigenvalue weighted by Gasteiger charge is -2.34. The molecular formula is C13H20N2O4S. The Morgan fingerprint density at radius 1 is 1.35 bits per heavy atom. The van der Waals surface area contributed by atoms with Crippen LogP contribution in [-0.2, 0) is 14.8 Å². The number of nitrogen functional groups attached to an aromatic ring is 1. The van der Waals surface area contributed by atoms with Crippen molar-refractivity contribution in [3.05, 3.63) is 24.3 Å². The molecule has 0 radical (unpaired) electrons. The molecule has 1 saturated carbocycles. The molecule has 1 fully saturated rings. The third-order valence-electron chi connectivity index (χ3n) is 3.30. The maximum atomic E-state index is 11.8. The third-order valence-corrected chi connectivity index (χ3v) is 4.70. The average molecular weight is 300 g/mol. The van der Waals surface area contributed by atoms with Crippen molar-refractivity contribution in [2.45, 2.75) is 25.0 Å². The third kappa shape index (κ3) is 4.09. The largest absolute Gasteiger partial charge is 0.490 e. The van der Waals surface area contributed by atoms with E-state index in [9.17, 15) is 8.42 Å². The Balaban J connectivity index is 1.74. The normalized spacial score (nSPS) is 22.2. The summed E-state index contributed by atoms with van der Waals surface area (Å²) in [5, 5.41) is 0. The van der Waals surface area contributed by atoms with Crippen molar-refractivity contribution in [2.75, 3.05) is 25.2 Å². The van der Waals surface area contributed by atoms with E-state index in [-0.39, 0.29) is 24.5 Å². The molecule has 0 aromatic heterocycles. The molecule has 1 aliphatic rings. The second-order valence-electron chi connectivity index (χ2n) is 4.85. The summed E-state index contributed by atoms with van der Waals surface area (Å²) < 4.78 is 36.8. The van der Waals surface area contributed by atoms with Gasteiger partial charge in [-0.15, -0.1) is 0 Å². The number of nitrogens with two attached hydrogens (primary N) is 1. The zero-order chi connectivity index (χ0) is 14.6. The summed E-state index contributed by atoms with van der Waals surface area (Å²) in [6.07, 6.45) is 1.62. The Kier molecular flexibility index (Phi) is 4.85. The smallest absolute Gasteiger partial charge is 0.215 e. The number of rotatable bonds is 7. The molecule has 0 atom stereocenters. The summed E-state index contributed by atoms with van der Waals surface area (Å²) in [5.41, 5.74) is 6.21. The first-order valence-electron chi connectivity index (χ1n) is 6.50. The highest BCUT2D eigenvalue weighted by Gasteiger charge is 2.31. The second kappa shape index (κ2) is 6.43. The highest BCUT2D eigenvalue weighted by Crippen LogP contribution is 2.23. The minimum atomic E-state index is -3.33. The van der Waals surface area contributed by atoms with Gasteiger partial charge in [0.1, 0.15) is 12.4 Å². The number of ether oxygens (including phenoxy) is 2. The first-order chi connectivity index (χ1) is 9.50. The lowest BCUT2D eigenvalue weighted by Crippen LogP contribution is -2.48. The molecule has 0 heterocycles. The standard InChI is InChI=1S/C13H20N2O4S/c1-18-11-8-10(9-11)15-20(16,17)7-6-19-13-5-3-2-4-12(13)14/h2-5,10-11,15H,6-9,14H2,1H3. The topological polar surface area (TPSA) is 90.6 Å². The van der Waals surface area contributed by atoms with Gasteiger partial charge >= 0.3 is 0 Å². The molecule has 20 heavy (non-hydrogen) atoms. The number of para-hydroxylation sites is 2. The number of benzene rings is 1. The van der Waals surface area contributed by atoms with Crippen molar-refractivity contribution in [2.24, 2.45) is 0 Å². The van der Waals surface area contributed by atoms with E-state index in [1.165, 1.54) is 0 Å². The van der Waals surface area contributed by atoms with Gasteiger partial charge in [-0.3, -0.25) is 0 Å². The van der Waals surface area contributed by atoms with Crippen LogP contribution in [0.1, 0.15) is 12.8 Å². The number of hydrogen-bond donors (Lipinski definition) is 2. The van der Waals surface area contributed by atoms with Gasteiger partial charge in [-0.2, -0.15) is 0 Å². The van der Waals surface area contributed by atoms with Crippen molar-refractivity contribution in [1.82, 2.24) is 4.72 Å². The summed E-state index contributed by atoms with van der Waals surface area (Å²) in [6.45, 7) is 0.0734. The number of anilines is 1. The van der Waals surface area contributed by atoms with Gasteiger partial charge in [-0.05, 0) is 25.0 Å². The summed E-state index contributed by atoms with van der Waals surface area (Å²) >= 11 is 0. The molecule has 0 unspecified atom stereocenters. The van der Waals surface area contributed by atoms with E-state index in [0.717, 1.165) is 12.8 Å². The molecule has 0 saturated heterocycles. The Bertz CT molecular complexity index is 541. The van der Waals surface area contributed by atoms with Crippen LogP contribution in [0.15, 0.2) is 24.3 Å². The van der Waals surface area contributed by atoms with Crippen LogP contribution in [0.2, 0.25) is 0 Å². The Hall–Kier alpha value is -1.31. The van der Waals surface area contributed by atoms with Gasteiger partial charge in [0.2, 0.25) is 10.0 Å². The zero-order valence-corrected chi connectivity index (χ0v) is 12.2. The molecule has 0 aliphatic heterocycles. The van der Waals surface area contributed by atoms with E-state index in [1.807, 2.05) is 0 Å². The van der Waals surface area contributed by atoms with Gasteiger partial charge in [0, 0.05) is 13.2 Å². The lowest BCUT2D eigenvalue weighted by molar-refractivity contribution is 0.0236. The number of sulfonamides is 1. The first kappa shape index (κ1) is 15.1. The molecule has 1 aliphatic carbocycles. The van der Waals surface area contributed by atoms with Gasteiger partial charge in [-0.1, -0.05) is 12.1 Å². The van der Waals surface area contributed by atoms with E-state index in [2.05, 4.69) is 4.72 Å². The Morgan fingerprint density at radius 2 is 2.05 bits per heavy atom. The fourth-order valence-electron chi connectivity index (χ4n) is 2.04. The minimum Gasteiger partial charge on any atom is -0.490 e. The van der Waals surface area contributed by atoms with Crippen LogP contribution < -0.4 is 15.2 Å². The predicted molar refractivity (Wildman–Crippen MR) is 77.1 cm³/mol. The van der Waals surface area contributed by atoms with Crippen LogP contribution in [-0.4, -0.2) is 40.0 Å². The number of hydrogen-bond acceptors (Lipinski definition) is 5. The summed E-state index contributed by atoms with van der Waals surface area (Å²) in [6, 6.07) is 6.99. The van der Waals surface area contributed by atoms with Gasteiger partial charge < -0.3 is 15.2 Å². The van der Waals surface area contributed by atoms with Crippen LogP contribution >= 0.6 is 0 Å². The van der Waals surface area contributed by atoms with Crippen LogP contribution in [0.3, 0.4) is 0 Å². The van der Waals surface area contributed by atoms with Crippen molar-refractivity contribution >= 4 is 15.7 Å². The predicted octanol–water partition coefficient (Wildman–Crippen LogP) is 0.744. The first-order valence-corrected chi connectivity index (χ1v) is 8.15. The number of nitrogens with one attached hydrogen (secondary N) is 1. The van der Waals surface area contributed by atoms with Crippen molar-refractivity contribution in [3.63, 3.8) is 0 Å². The van der Waals surface area contributed by atoms with E-state index in [1.54, 1.807) is 31.4 Å². The van der Waals surface area contributed by atoms with Crippen LogP contribution in [0.25, 0.3) is 0 Å². The minimum absolute atomic E-state index is 0.0215. The zero-order valence-electron chi connectivity index (χ0n) is 11.4. The van der Waals surface area contributed by atoms with Gasteiger partial charge in [0.15, 0.2) is 0 Å². The quantitative estimate of drug-likeness (QED) is 0.725. The molecule has 1 aromatic rings. The SMILES string of the molecule is COC1CC(NS(=O)(=O)CCOc2ccccc2N)C1. The Labute approximate surface area is 119 Å².